The Morgan fingerprint density at radius 1 is 1.14 bits per heavy atom. The van der Waals surface area contributed by atoms with E-state index in [4.69, 9.17) is 4.74 Å². The number of aromatic hydroxyl groups is 1. The van der Waals surface area contributed by atoms with Crippen LogP contribution in [0.25, 0.3) is 0 Å². The van der Waals surface area contributed by atoms with Crippen molar-refractivity contribution in [1.82, 2.24) is 4.57 Å². The SMILES string of the molecule is CC(C)(C)OC(=O)Cn1c(O)c(Cc2ccc(N3CCC(=O)CC3)cc2)sc1=O. The van der Waals surface area contributed by atoms with E-state index in [0.29, 0.717) is 29.9 Å². The number of benzene rings is 1. The zero-order valence-electron chi connectivity index (χ0n) is 16.9. The molecule has 0 radical (unpaired) electrons. The Hall–Kier alpha value is -2.61. The van der Waals surface area contributed by atoms with Crippen LogP contribution in [-0.4, -0.2) is 40.1 Å². The van der Waals surface area contributed by atoms with E-state index in [-0.39, 0.29) is 12.4 Å². The summed E-state index contributed by atoms with van der Waals surface area (Å²) in [6.07, 6.45) is 1.55. The molecule has 1 aliphatic rings. The second kappa shape index (κ2) is 8.41. The van der Waals surface area contributed by atoms with Gasteiger partial charge < -0.3 is 14.7 Å². The van der Waals surface area contributed by atoms with Gasteiger partial charge in [0.05, 0.1) is 4.88 Å². The van der Waals surface area contributed by atoms with Gasteiger partial charge in [-0.1, -0.05) is 23.5 Å². The molecule has 156 valence electrons. The van der Waals surface area contributed by atoms with Crippen molar-refractivity contribution >= 4 is 28.8 Å². The van der Waals surface area contributed by atoms with E-state index in [2.05, 4.69) is 4.90 Å². The minimum absolute atomic E-state index is 0.190. The monoisotopic (exact) mass is 418 g/mol. The van der Waals surface area contributed by atoms with E-state index >= 15 is 0 Å². The lowest BCUT2D eigenvalue weighted by atomic mass is 10.1. The number of carbonyl (C=O) groups excluding carboxylic acids is 2. The zero-order chi connectivity index (χ0) is 21.2. The van der Waals surface area contributed by atoms with Crippen LogP contribution in [0, 0.1) is 0 Å². The van der Waals surface area contributed by atoms with Crippen LogP contribution in [0.1, 0.15) is 44.1 Å². The Morgan fingerprint density at radius 2 is 1.76 bits per heavy atom. The topological polar surface area (TPSA) is 88.8 Å². The van der Waals surface area contributed by atoms with Crippen molar-refractivity contribution in [2.45, 2.75) is 52.2 Å². The molecule has 1 fully saturated rings. The van der Waals surface area contributed by atoms with Gasteiger partial charge in [0, 0.05) is 38.0 Å². The van der Waals surface area contributed by atoms with Crippen LogP contribution in [0.3, 0.4) is 0 Å². The van der Waals surface area contributed by atoms with E-state index in [1.54, 1.807) is 20.8 Å². The molecule has 7 nitrogen and oxygen atoms in total. The second-order valence-electron chi connectivity index (χ2n) is 8.16. The number of thiazole rings is 1. The Bertz CT molecular complexity index is 943. The third-order valence-electron chi connectivity index (χ3n) is 4.63. The van der Waals surface area contributed by atoms with Gasteiger partial charge >= 0.3 is 10.8 Å². The first-order chi connectivity index (χ1) is 13.6. The predicted molar refractivity (Wildman–Crippen MR) is 112 cm³/mol. The summed E-state index contributed by atoms with van der Waals surface area (Å²) in [4.78, 5) is 37.9. The lowest BCUT2D eigenvalue weighted by molar-refractivity contribution is -0.155. The van der Waals surface area contributed by atoms with Crippen LogP contribution < -0.4 is 9.77 Å². The highest BCUT2D eigenvalue weighted by Gasteiger charge is 2.21. The maximum Gasteiger partial charge on any atom is 0.326 e. The summed E-state index contributed by atoms with van der Waals surface area (Å²) in [5.41, 5.74) is 1.35. The Labute approximate surface area is 173 Å². The Balaban J connectivity index is 1.68. The van der Waals surface area contributed by atoms with Crippen LogP contribution in [-0.2, 0) is 27.3 Å². The minimum atomic E-state index is -0.654. The van der Waals surface area contributed by atoms with Crippen molar-refractivity contribution < 1.29 is 19.4 Å². The van der Waals surface area contributed by atoms with Gasteiger partial charge in [-0.15, -0.1) is 0 Å². The largest absolute Gasteiger partial charge is 0.494 e. The van der Waals surface area contributed by atoms with Gasteiger partial charge in [0.2, 0.25) is 5.88 Å². The van der Waals surface area contributed by atoms with Crippen LogP contribution in [0.5, 0.6) is 5.88 Å². The van der Waals surface area contributed by atoms with Crippen molar-refractivity contribution in [2.75, 3.05) is 18.0 Å². The number of rotatable bonds is 5. The highest BCUT2D eigenvalue weighted by atomic mass is 32.1. The molecule has 1 N–H and O–H groups in total. The molecule has 1 aromatic heterocycles. The van der Waals surface area contributed by atoms with Crippen molar-refractivity contribution in [1.29, 1.82) is 0 Å². The van der Waals surface area contributed by atoms with Gasteiger partial charge in [0.25, 0.3) is 0 Å². The minimum Gasteiger partial charge on any atom is -0.494 e. The summed E-state index contributed by atoms with van der Waals surface area (Å²) >= 11 is 0.930. The molecular weight excluding hydrogens is 392 g/mol. The van der Waals surface area contributed by atoms with Gasteiger partial charge in [-0.25, -0.2) is 0 Å². The number of aromatic nitrogens is 1. The highest BCUT2D eigenvalue weighted by Crippen LogP contribution is 2.25. The fourth-order valence-corrected chi connectivity index (χ4v) is 4.14. The van der Waals surface area contributed by atoms with Crippen LogP contribution in [0.15, 0.2) is 29.1 Å². The number of esters is 1. The third-order valence-corrected chi connectivity index (χ3v) is 5.60. The van der Waals surface area contributed by atoms with E-state index in [9.17, 15) is 19.5 Å². The lowest BCUT2D eigenvalue weighted by Crippen LogP contribution is -2.33. The number of carbonyl (C=O) groups is 2. The van der Waals surface area contributed by atoms with Crippen molar-refractivity contribution in [3.8, 4) is 5.88 Å². The van der Waals surface area contributed by atoms with E-state index in [1.165, 1.54) is 0 Å². The molecule has 2 heterocycles. The predicted octanol–water partition coefficient (Wildman–Crippen LogP) is 2.72. The van der Waals surface area contributed by atoms with Crippen LogP contribution >= 0.6 is 11.3 Å². The molecule has 0 aliphatic carbocycles. The molecule has 8 heteroatoms. The normalized spacial score (nSPS) is 14.9. The standard InChI is InChI=1S/C21H26N2O5S/c1-21(2,3)28-18(25)13-23-19(26)17(29-20(23)27)12-14-4-6-15(7-5-14)22-10-8-16(24)9-11-22/h4-7,26H,8-13H2,1-3H3. The van der Waals surface area contributed by atoms with Crippen LogP contribution in [0.2, 0.25) is 0 Å². The first-order valence-electron chi connectivity index (χ1n) is 9.61. The molecule has 0 spiro atoms. The average Bonchev–Trinajstić information content (AvgIpc) is 2.89. The number of piperidine rings is 1. The van der Waals surface area contributed by atoms with Gasteiger partial charge in [-0.3, -0.25) is 19.0 Å². The third kappa shape index (κ3) is 5.47. The molecular formula is C21H26N2O5S. The van der Waals surface area contributed by atoms with Crippen molar-refractivity contribution in [3.63, 3.8) is 0 Å². The summed E-state index contributed by atoms with van der Waals surface area (Å²) in [7, 11) is 0. The molecule has 0 saturated carbocycles. The quantitative estimate of drug-likeness (QED) is 0.751. The number of nitrogens with zero attached hydrogens (tertiary/aromatic N) is 2. The maximum atomic E-state index is 12.2. The molecule has 29 heavy (non-hydrogen) atoms. The zero-order valence-corrected chi connectivity index (χ0v) is 17.8. The number of hydrogen-bond acceptors (Lipinski definition) is 7. The number of Topliss-reactive ketones (excluding diaryl/α,β-unsaturated/α-hetero) is 1. The van der Waals surface area contributed by atoms with E-state index < -0.39 is 16.4 Å². The summed E-state index contributed by atoms with van der Waals surface area (Å²) in [6, 6.07) is 7.88. The van der Waals surface area contributed by atoms with Crippen molar-refractivity contribution in [3.05, 3.63) is 44.4 Å². The Kier molecular flexibility index (Phi) is 6.12. The van der Waals surface area contributed by atoms with E-state index in [1.807, 2.05) is 24.3 Å². The number of ketones is 1. The first kappa shape index (κ1) is 21.1. The maximum absolute atomic E-state index is 12.2. The molecule has 0 atom stereocenters. The smallest absolute Gasteiger partial charge is 0.326 e. The summed E-state index contributed by atoms with van der Waals surface area (Å²) in [5, 5.41) is 10.4. The van der Waals surface area contributed by atoms with E-state index in [0.717, 1.165) is 40.2 Å². The van der Waals surface area contributed by atoms with Crippen molar-refractivity contribution in [2.24, 2.45) is 0 Å². The summed E-state index contributed by atoms with van der Waals surface area (Å²) in [5.74, 6) is -0.452. The molecule has 2 aromatic rings. The molecule has 1 aromatic carbocycles. The average molecular weight is 419 g/mol. The van der Waals surface area contributed by atoms with Crippen LogP contribution in [0.4, 0.5) is 5.69 Å². The molecule has 0 unspecified atom stereocenters. The lowest BCUT2D eigenvalue weighted by Gasteiger charge is -2.28. The second-order valence-corrected chi connectivity index (χ2v) is 9.20. The molecule has 1 saturated heterocycles. The van der Waals surface area contributed by atoms with Gasteiger partial charge in [-0.2, -0.15) is 0 Å². The number of hydrogen-bond donors (Lipinski definition) is 1. The number of anilines is 1. The highest BCUT2D eigenvalue weighted by molar-refractivity contribution is 7.09. The molecule has 1 aliphatic heterocycles. The first-order valence-corrected chi connectivity index (χ1v) is 10.4. The fraction of sp³-hybridized carbons (Fsp3) is 0.476. The molecule has 3 rings (SSSR count). The fourth-order valence-electron chi connectivity index (χ4n) is 3.22. The number of ether oxygens (including phenoxy) is 1. The molecule has 0 bridgehead atoms. The summed E-state index contributed by atoms with van der Waals surface area (Å²) < 4.78 is 6.27. The Morgan fingerprint density at radius 3 is 2.34 bits per heavy atom. The summed E-state index contributed by atoms with van der Waals surface area (Å²) in [6.45, 7) is 6.39. The van der Waals surface area contributed by atoms with Gasteiger partial charge in [0.1, 0.15) is 17.9 Å². The van der Waals surface area contributed by atoms with Gasteiger partial charge in [-0.05, 0) is 38.5 Å². The van der Waals surface area contributed by atoms with Gasteiger partial charge in [0.15, 0.2) is 0 Å². The molecule has 0 amide bonds.